The van der Waals surface area contributed by atoms with Gasteiger partial charge in [0.2, 0.25) is 0 Å². The number of ether oxygens (including phenoxy) is 1. The van der Waals surface area contributed by atoms with Crippen LogP contribution < -0.4 is 10.6 Å². The van der Waals surface area contributed by atoms with Gasteiger partial charge in [0.25, 0.3) is 17.7 Å². The van der Waals surface area contributed by atoms with E-state index in [2.05, 4.69) is 10.6 Å². The van der Waals surface area contributed by atoms with Crippen molar-refractivity contribution in [2.45, 2.75) is 57.9 Å². The average Bonchev–Trinajstić information content (AvgIpc) is 3.01. The summed E-state index contributed by atoms with van der Waals surface area (Å²) in [6.07, 6.45) is 6.09. The van der Waals surface area contributed by atoms with Gasteiger partial charge in [0.1, 0.15) is 0 Å². The average molecular weight is 415 g/mol. The predicted molar refractivity (Wildman–Crippen MR) is 110 cm³/mol. The lowest BCUT2D eigenvalue weighted by Crippen LogP contribution is -2.40. The summed E-state index contributed by atoms with van der Waals surface area (Å²) in [5, 5.41) is 5.26. The minimum atomic E-state index is -0.512. The summed E-state index contributed by atoms with van der Waals surface area (Å²) in [5.41, 5.74) is 0.959. The third kappa shape index (κ3) is 4.98. The Balaban J connectivity index is 1.53. The Kier molecular flexibility index (Phi) is 7.43. The van der Waals surface area contributed by atoms with Gasteiger partial charge in [-0.25, -0.2) is 4.79 Å². The van der Waals surface area contributed by atoms with Crippen LogP contribution in [0.1, 0.15) is 82.9 Å². The molecule has 1 aromatic rings. The molecule has 0 bridgehead atoms. The van der Waals surface area contributed by atoms with Gasteiger partial charge in [-0.15, -0.1) is 0 Å². The van der Waals surface area contributed by atoms with E-state index in [4.69, 9.17) is 4.74 Å². The van der Waals surface area contributed by atoms with Crippen LogP contribution in [-0.4, -0.2) is 54.5 Å². The van der Waals surface area contributed by atoms with Gasteiger partial charge in [-0.3, -0.25) is 19.3 Å². The van der Waals surface area contributed by atoms with E-state index in [1.807, 2.05) is 6.92 Å². The number of amides is 4. The monoisotopic (exact) mass is 415 g/mol. The summed E-state index contributed by atoms with van der Waals surface area (Å²) in [4.78, 5) is 50.8. The lowest BCUT2D eigenvalue weighted by atomic mass is 9.94. The Labute approximate surface area is 176 Å². The second-order valence-corrected chi connectivity index (χ2v) is 7.70. The maximum atomic E-state index is 12.8. The molecule has 1 aromatic carbocycles. The van der Waals surface area contributed by atoms with Crippen LogP contribution in [0, 0.1) is 0 Å². The zero-order valence-electron chi connectivity index (χ0n) is 17.4. The molecule has 1 aliphatic heterocycles. The molecular weight excluding hydrogens is 386 g/mol. The van der Waals surface area contributed by atoms with Crippen LogP contribution >= 0.6 is 0 Å². The molecule has 4 amide bonds. The third-order valence-electron chi connectivity index (χ3n) is 5.53. The molecule has 0 radical (unpaired) electrons. The molecule has 0 aromatic heterocycles. The first-order valence-electron chi connectivity index (χ1n) is 10.7. The number of fused-ring (bicyclic) bond motifs is 1. The number of benzene rings is 1. The highest BCUT2D eigenvalue weighted by atomic mass is 16.5. The van der Waals surface area contributed by atoms with E-state index in [-0.39, 0.29) is 42.4 Å². The minimum Gasteiger partial charge on any atom is -0.450 e. The summed E-state index contributed by atoms with van der Waals surface area (Å²) in [6, 6.07) is 4.54. The number of nitrogens with zero attached hydrogens (tertiary/aromatic N) is 1. The van der Waals surface area contributed by atoms with Crippen LogP contribution in [0.3, 0.4) is 0 Å². The lowest BCUT2D eigenvalue weighted by Gasteiger charge is -2.29. The van der Waals surface area contributed by atoms with Crippen molar-refractivity contribution in [3.05, 3.63) is 34.9 Å². The van der Waals surface area contributed by atoms with E-state index in [0.717, 1.165) is 44.9 Å². The van der Waals surface area contributed by atoms with E-state index in [1.165, 1.54) is 11.0 Å². The largest absolute Gasteiger partial charge is 0.450 e. The second-order valence-electron chi connectivity index (χ2n) is 7.70. The Morgan fingerprint density at radius 2 is 1.73 bits per heavy atom. The van der Waals surface area contributed by atoms with Gasteiger partial charge in [0, 0.05) is 24.7 Å². The standard InChI is InChI=1S/C22H29N3O5/c1-2-3-13-30-22(29)24-12-11-23-19(26)15-9-10-17-18(14-15)21(28)25(20(17)27)16-7-5-4-6-8-16/h9-10,14,16H,2-8,11-13H2,1H3,(H,23,26)(H,24,29). The van der Waals surface area contributed by atoms with Crippen molar-refractivity contribution in [1.29, 1.82) is 0 Å². The van der Waals surface area contributed by atoms with Crippen LogP contribution in [0.5, 0.6) is 0 Å². The third-order valence-corrected chi connectivity index (χ3v) is 5.53. The number of carbonyl (C=O) groups excluding carboxylic acids is 4. The van der Waals surface area contributed by atoms with Gasteiger partial charge < -0.3 is 15.4 Å². The number of hydrogen-bond acceptors (Lipinski definition) is 5. The number of rotatable bonds is 8. The van der Waals surface area contributed by atoms with E-state index < -0.39 is 6.09 Å². The molecule has 8 nitrogen and oxygen atoms in total. The molecule has 0 unspecified atom stereocenters. The van der Waals surface area contributed by atoms with Gasteiger partial charge in [0.15, 0.2) is 0 Å². The van der Waals surface area contributed by atoms with Crippen molar-refractivity contribution in [2.75, 3.05) is 19.7 Å². The highest BCUT2D eigenvalue weighted by molar-refractivity contribution is 6.22. The van der Waals surface area contributed by atoms with Crippen molar-refractivity contribution in [3.63, 3.8) is 0 Å². The van der Waals surface area contributed by atoms with E-state index >= 15 is 0 Å². The van der Waals surface area contributed by atoms with Crippen molar-refractivity contribution in [3.8, 4) is 0 Å². The molecular formula is C22H29N3O5. The van der Waals surface area contributed by atoms with E-state index in [0.29, 0.717) is 17.7 Å². The van der Waals surface area contributed by atoms with Gasteiger partial charge >= 0.3 is 6.09 Å². The van der Waals surface area contributed by atoms with Gasteiger partial charge in [-0.1, -0.05) is 32.6 Å². The fraction of sp³-hybridized carbons (Fsp3) is 0.545. The normalized spacial score (nSPS) is 16.4. The highest BCUT2D eigenvalue weighted by Crippen LogP contribution is 2.31. The van der Waals surface area contributed by atoms with Crippen LogP contribution in [0.25, 0.3) is 0 Å². The molecule has 0 spiro atoms. The fourth-order valence-electron chi connectivity index (χ4n) is 3.87. The number of carbonyl (C=O) groups is 4. The van der Waals surface area contributed by atoms with E-state index in [9.17, 15) is 19.2 Å². The zero-order chi connectivity index (χ0) is 21.5. The molecule has 1 fully saturated rings. The first-order valence-corrected chi connectivity index (χ1v) is 10.7. The number of alkyl carbamates (subject to hydrolysis) is 1. The molecule has 162 valence electrons. The Morgan fingerprint density at radius 3 is 2.47 bits per heavy atom. The Morgan fingerprint density at radius 1 is 1.03 bits per heavy atom. The van der Waals surface area contributed by atoms with Crippen molar-refractivity contribution in [1.82, 2.24) is 15.5 Å². The smallest absolute Gasteiger partial charge is 0.407 e. The van der Waals surface area contributed by atoms with Crippen LogP contribution in [-0.2, 0) is 4.74 Å². The number of unbranched alkanes of at least 4 members (excludes halogenated alkanes) is 1. The fourth-order valence-corrected chi connectivity index (χ4v) is 3.87. The molecule has 30 heavy (non-hydrogen) atoms. The zero-order valence-corrected chi connectivity index (χ0v) is 17.4. The van der Waals surface area contributed by atoms with Gasteiger partial charge in [-0.05, 0) is 37.5 Å². The molecule has 1 heterocycles. The molecule has 2 N–H and O–H groups in total. The Bertz CT molecular complexity index is 817. The summed E-state index contributed by atoms with van der Waals surface area (Å²) in [6.45, 7) is 2.83. The highest BCUT2D eigenvalue weighted by Gasteiger charge is 2.40. The minimum absolute atomic E-state index is 0.0495. The quantitative estimate of drug-likeness (QED) is 0.502. The van der Waals surface area contributed by atoms with Crippen LogP contribution in [0.15, 0.2) is 18.2 Å². The number of nitrogens with one attached hydrogen (secondary N) is 2. The summed E-state index contributed by atoms with van der Waals surface area (Å²) >= 11 is 0. The van der Waals surface area contributed by atoms with Gasteiger partial charge in [0.05, 0.1) is 17.7 Å². The Hall–Kier alpha value is -2.90. The molecule has 1 aliphatic carbocycles. The molecule has 8 heteroatoms. The lowest BCUT2D eigenvalue weighted by molar-refractivity contribution is 0.0548. The predicted octanol–water partition coefficient (Wildman–Crippen LogP) is 2.87. The summed E-state index contributed by atoms with van der Waals surface area (Å²) < 4.78 is 4.97. The summed E-state index contributed by atoms with van der Waals surface area (Å²) in [7, 11) is 0. The number of imide groups is 1. The molecule has 3 rings (SSSR count). The first kappa shape index (κ1) is 21.8. The molecule has 2 aliphatic rings. The van der Waals surface area contributed by atoms with Crippen LogP contribution in [0.2, 0.25) is 0 Å². The van der Waals surface area contributed by atoms with Crippen molar-refractivity contribution in [2.24, 2.45) is 0 Å². The molecule has 0 saturated heterocycles. The SMILES string of the molecule is CCCCOC(=O)NCCNC(=O)c1ccc2c(c1)C(=O)N(C1CCCCC1)C2=O. The first-order chi connectivity index (χ1) is 14.5. The summed E-state index contributed by atoms with van der Waals surface area (Å²) in [5.74, 6) is -0.942. The maximum absolute atomic E-state index is 12.8. The van der Waals surface area contributed by atoms with E-state index in [1.54, 1.807) is 12.1 Å². The molecule has 1 saturated carbocycles. The maximum Gasteiger partial charge on any atom is 0.407 e. The van der Waals surface area contributed by atoms with Crippen molar-refractivity contribution < 1.29 is 23.9 Å². The second kappa shape index (κ2) is 10.2. The molecule has 0 atom stereocenters. The number of hydrogen-bond donors (Lipinski definition) is 2. The topological polar surface area (TPSA) is 105 Å². The van der Waals surface area contributed by atoms with Gasteiger partial charge in [-0.2, -0.15) is 0 Å². The van der Waals surface area contributed by atoms with Crippen molar-refractivity contribution >= 4 is 23.8 Å². The van der Waals surface area contributed by atoms with Crippen LogP contribution in [0.4, 0.5) is 4.79 Å².